The number of ether oxygens (including phenoxy) is 1. The van der Waals surface area contributed by atoms with Gasteiger partial charge in [0.05, 0.1) is 22.9 Å². The Morgan fingerprint density at radius 3 is 2.65 bits per heavy atom. The molecule has 13 heteroatoms. The summed E-state index contributed by atoms with van der Waals surface area (Å²) in [6.07, 6.45) is 8.04. The van der Waals surface area contributed by atoms with Crippen LogP contribution in [-0.4, -0.2) is 71.0 Å². The topological polar surface area (TPSA) is 161 Å². The Kier molecular flexibility index (Phi) is 8.18. The van der Waals surface area contributed by atoms with Crippen LogP contribution >= 0.6 is 0 Å². The number of nitrogens with one attached hydrogen (secondary N) is 2. The number of carbonyl (C=O) groups is 3. The quantitative estimate of drug-likeness (QED) is 0.273. The van der Waals surface area contributed by atoms with Crippen molar-refractivity contribution >= 4 is 49.4 Å². The van der Waals surface area contributed by atoms with Crippen molar-refractivity contribution in [2.24, 2.45) is 11.7 Å². The lowest BCUT2D eigenvalue weighted by atomic mass is 10.1. The minimum atomic E-state index is -3.95. The van der Waals surface area contributed by atoms with Gasteiger partial charge in [-0.2, -0.15) is 0 Å². The summed E-state index contributed by atoms with van der Waals surface area (Å²) in [5, 5.41) is 5.14. The smallest absolute Gasteiger partial charge is 0.259 e. The number of hydrogen-bond donors (Lipinski definition) is 3. The molecule has 3 aromatic rings. The standard InChI is InChI=1S/C35H40FN5O6S/c1-34(15-16-34)48(45,46)40-33(44)35-19-21(35)9-5-3-2-4-6-12-27(37)32(43)41-20-23(18-29(41)30(42)39-35)47-31-26-11-8-7-10-24(26)25-14-13-22(36)17-28(25)38-31/h5,7-11,13-14,17,21,23,27,29H,2-4,6,12,15-16,18-20,37H2,1H3,(H,39,42)(H,40,44). The van der Waals surface area contributed by atoms with Crippen molar-refractivity contribution in [2.45, 2.75) is 93.2 Å². The van der Waals surface area contributed by atoms with Gasteiger partial charge in [-0.15, -0.1) is 0 Å². The lowest BCUT2D eigenvalue weighted by Crippen LogP contribution is -2.58. The Morgan fingerprint density at radius 1 is 1.10 bits per heavy atom. The maximum Gasteiger partial charge on any atom is 0.259 e. The van der Waals surface area contributed by atoms with Gasteiger partial charge in [0.1, 0.15) is 23.5 Å². The molecule has 3 amide bonds. The molecule has 3 heterocycles. The fourth-order valence-corrected chi connectivity index (χ4v) is 8.30. The van der Waals surface area contributed by atoms with Gasteiger partial charge in [0.2, 0.25) is 27.7 Å². The number of benzene rings is 2. The van der Waals surface area contributed by atoms with Gasteiger partial charge < -0.3 is 20.7 Å². The molecular formula is C35H40FN5O6S. The Morgan fingerprint density at radius 2 is 1.88 bits per heavy atom. The molecule has 4 aliphatic rings. The predicted molar refractivity (Wildman–Crippen MR) is 178 cm³/mol. The van der Waals surface area contributed by atoms with E-state index in [0.29, 0.717) is 30.2 Å². The molecule has 2 saturated carbocycles. The number of allylic oxidation sites excluding steroid dienone is 1. The van der Waals surface area contributed by atoms with E-state index in [0.717, 1.165) is 36.5 Å². The molecule has 5 atom stereocenters. The van der Waals surface area contributed by atoms with Crippen molar-refractivity contribution in [1.82, 2.24) is 19.9 Å². The summed E-state index contributed by atoms with van der Waals surface area (Å²) in [7, 11) is -3.95. The second-order valence-corrected chi connectivity index (χ2v) is 16.1. The van der Waals surface area contributed by atoms with E-state index in [1.165, 1.54) is 17.0 Å². The summed E-state index contributed by atoms with van der Waals surface area (Å²) in [6, 6.07) is 9.97. The second-order valence-electron chi connectivity index (χ2n) is 13.9. The summed E-state index contributed by atoms with van der Waals surface area (Å²) in [5.74, 6) is -2.36. The van der Waals surface area contributed by atoms with Crippen LogP contribution in [0.1, 0.15) is 64.7 Å². The van der Waals surface area contributed by atoms with Gasteiger partial charge in [0.25, 0.3) is 5.91 Å². The number of rotatable bonds is 5. The molecule has 4 N–H and O–H groups in total. The number of nitrogens with two attached hydrogens (primary N) is 1. The van der Waals surface area contributed by atoms with Gasteiger partial charge >= 0.3 is 0 Å². The number of nitrogens with zero attached hydrogens (tertiary/aromatic N) is 2. The van der Waals surface area contributed by atoms with Crippen molar-refractivity contribution in [3.05, 3.63) is 60.4 Å². The molecule has 2 aromatic carbocycles. The average Bonchev–Trinajstić information content (AvgIpc) is 3.93. The largest absolute Gasteiger partial charge is 0.472 e. The van der Waals surface area contributed by atoms with E-state index in [1.54, 1.807) is 13.0 Å². The SMILES string of the molecule is CC1(S(=O)(=O)NC(=O)C23CC2C=CCCCCCC(N)C(=O)N2CC(Oc4nc5cc(F)ccc5c5ccccc45)CC2C(=O)N3)CC1. The number of sulfonamides is 1. The predicted octanol–water partition coefficient (Wildman–Crippen LogP) is 3.60. The molecule has 0 bridgehead atoms. The molecule has 0 radical (unpaired) electrons. The van der Waals surface area contributed by atoms with E-state index in [4.69, 9.17) is 10.5 Å². The normalized spacial score (nSPS) is 28.9. The van der Waals surface area contributed by atoms with E-state index in [-0.39, 0.29) is 25.3 Å². The van der Waals surface area contributed by atoms with Crippen LogP contribution in [0.3, 0.4) is 0 Å². The van der Waals surface area contributed by atoms with Crippen molar-refractivity contribution in [1.29, 1.82) is 0 Å². The fraction of sp³-hybridized carbons (Fsp3) is 0.486. The third-order valence-corrected chi connectivity index (χ3v) is 12.6. The Labute approximate surface area is 278 Å². The molecule has 0 spiro atoms. The average molecular weight is 678 g/mol. The third-order valence-electron chi connectivity index (χ3n) is 10.4. The fourth-order valence-electron chi connectivity index (χ4n) is 6.99. The number of amides is 3. The molecule has 7 rings (SSSR count). The van der Waals surface area contributed by atoms with Crippen LogP contribution in [0.15, 0.2) is 54.6 Å². The van der Waals surface area contributed by atoms with Crippen LogP contribution in [0, 0.1) is 11.7 Å². The highest BCUT2D eigenvalue weighted by Gasteiger charge is 2.63. The highest BCUT2D eigenvalue weighted by atomic mass is 32.2. The second kappa shape index (κ2) is 12.1. The van der Waals surface area contributed by atoms with Gasteiger partial charge in [0, 0.05) is 29.2 Å². The molecule has 1 saturated heterocycles. The van der Waals surface area contributed by atoms with E-state index < -0.39 is 68.0 Å². The third kappa shape index (κ3) is 5.91. The highest BCUT2D eigenvalue weighted by Crippen LogP contribution is 2.47. The Bertz CT molecular complexity index is 1950. The Hall–Kier alpha value is -4.10. The minimum absolute atomic E-state index is 0.0388. The lowest BCUT2D eigenvalue weighted by Gasteiger charge is -2.28. The van der Waals surface area contributed by atoms with E-state index in [9.17, 15) is 27.2 Å². The zero-order valence-electron chi connectivity index (χ0n) is 26.8. The van der Waals surface area contributed by atoms with Crippen LogP contribution in [0.2, 0.25) is 0 Å². The monoisotopic (exact) mass is 677 g/mol. The lowest BCUT2D eigenvalue weighted by molar-refractivity contribution is -0.140. The number of carbonyl (C=O) groups excluding carboxylic acids is 3. The molecule has 254 valence electrons. The first-order valence-corrected chi connectivity index (χ1v) is 18.2. The number of fused-ring (bicyclic) bond motifs is 5. The van der Waals surface area contributed by atoms with E-state index >= 15 is 0 Å². The van der Waals surface area contributed by atoms with Crippen molar-refractivity contribution in [3.8, 4) is 5.88 Å². The van der Waals surface area contributed by atoms with E-state index in [1.807, 2.05) is 36.4 Å². The zero-order valence-corrected chi connectivity index (χ0v) is 27.6. The van der Waals surface area contributed by atoms with Crippen LogP contribution < -0.4 is 20.5 Å². The van der Waals surface area contributed by atoms with Crippen molar-refractivity contribution in [2.75, 3.05) is 6.54 Å². The first-order chi connectivity index (χ1) is 22.9. The summed E-state index contributed by atoms with van der Waals surface area (Å²) < 4.78 is 47.9. The van der Waals surface area contributed by atoms with Gasteiger partial charge in [0.15, 0.2) is 0 Å². The minimum Gasteiger partial charge on any atom is -0.472 e. The van der Waals surface area contributed by atoms with Gasteiger partial charge in [-0.05, 0) is 69.0 Å². The number of halogens is 1. The maximum absolute atomic E-state index is 14.2. The number of hydrogen-bond acceptors (Lipinski definition) is 8. The van der Waals surface area contributed by atoms with Crippen LogP contribution in [0.25, 0.3) is 21.7 Å². The molecule has 48 heavy (non-hydrogen) atoms. The summed E-state index contributed by atoms with van der Waals surface area (Å²) in [6.45, 7) is 1.63. The van der Waals surface area contributed by atoms with Gasteiger partial charge in [-0.25, -0.2) is 17.8 Å². The molecule has 11 nitrogen and oxygen atoms in total. The van der Waals surface area contributed by atoms with Crippen LogP contribution in [-0.2, 0) is 24.4 Å². The molecule has 5 unspecified atom stereocenters. The first kappa shape index (κ1) is 32.4. The molecule has 3 fully saturated rings. The first-order valence-electron chi connectivity index (χ1n) is 16.7. The Balaban J connectivity index is 1.19. The van der Waals surface area contributed by atoms with Crippen LogP contribution in [0.5, 0.6) is 5.88 Å². The summed E-state index contributed by atoms with van der Waals surface area (Å²) in [4.78, 5) is 47.6. The molecule has 2 aliphatic heterocycles. The number of pyridine rings is 1. The molecular weight excluding hydrogens is 637 g/mol. The van der Waals surface area contributed by atoms with Crippen molar-refractivity contribution in [3.63, 3.8) is 0 Å². The van der Waals surface area contributed by atoms with E-state index in [2.05, 4.69) is 15.0 Å². The van der Waals surface area contributed by atoms with Crippen LogP contribution in [0.4, 0.5) is 4.39 Å². The summed E-state index contributed by atoms with van der Waals surface area (Å²) >= 11 is 0. The van der Waals surface area contributed by atoms with Gasteiger partial charge in [-0.1, -0.05) is 43.2 Å². The number of aromatic nitrogens is 1. The maximum atomic E-state index is 14.2. The molecule has 2 aliphatic carbocycles. The highest BCUT2D eigenvalue weighted by molar-refractivity contribution is 7.91. The van der Waals surface area contributed by atoms with Gasteiger partial charge in [-0.3, -0.25) is 19.1 Å². The summed E-state index contributed by atoms with van der Waals surface area (Å²) in [5.41, 5.74) is 5.31. The zero-order chi connectivity index (χ0) is 33.8. The van der Waals surface area contributed by atoms with Crippen molar-refractivity contribution < 1.29 is 31.9 Å². The molecule has 1 aromatic heterocycles.